The molecule has 0 saturated heterocycles. The van der Waals surface area contributed by atoms with Crippen molar-refractivity contribution < 1.29 is 4.79 Å². The maximum Gasteiger partial charge on any atom is 0.236 e. The van der Waals surface area contributed by atoms with Gasteiger partial charge in [-0.3, -0.25) is 4.79 Å². The monoisotopic (exact) mass is 222 g/mol. The zero-order valence-corrected chi connectivity index (χ0v) is 9.81. The molecule has 1 fully saturated rings. The molecule has 0 spiro atoms. The summed E-state index contributed by atoms with van der Waals surface area (Å²) in [5, 5.41) is 3.12. The average molecular weight is 222 g/mol. The lowest BCUT2D eigenvalue weighted by Gasteiger charge is -2.16. The van der Waals surface area contributed by atoms with Gasteiger partial charge in [0, 0.05) is 32.5 Å². The quantitative estimate of drug-likeness (QED) is 0.770. The normalized spacial score (nSPS) is 15.1. The highest BCUT2D eigenvalue weighted by atomic mass is 16.2. The predicted molar refractivity (Wildman–Crippen MR) is 60.7 cm³/mol. The van der Waals surface area contributed by atoms with E-state index >= 15 is 0 Å². The van der Waals surface area contributed by atoms with Crippen LogP contribution < -0.4 is 5.32 Å². The van der Waals surface area contributed by atoms with Crippen LogP contribution in [-0.4, -0.2) is 40.0 Å². The van der Waals surface area contributed by atoms with Crippen molar-refractivity contribution in [3.63, 3.8) is 0 Å². The number of carbonyl (C=O) groups excluding carboxylic acids is 1. The Balaban J connectivity index is 1.71. The minimum absolute atomic E-state index is 0.164. The van der Waals surface area contributed by atoms with E-state index < -0.39 is 0 Å². The molecule has 0 unspecified atom stereocenters. The Labute approximate surface area is 95.5 Å². The van der Waals surface area contributed by atoms with Gasteiger partial charge in [0.1, 0.15) is 5.82 Å². The van der Waals surface area contributed by atoms with E-state index in [1.54, 1.807) is 6.20 Å². The van der Waals surface area contributed by atoms with Gasteiger partial charge in [-0.15, -0.1) is 0 Å². The zero-order valence-electron chi connectivity index (χ0n) is 9.81. The zero-order chi connectivity index (χ0) is 11.5. The van der Waals surface area contributed by atoms with E-state index in [-0.39, 0.29) is 5.91 Å². The van der Waals surface area contributed by atoms with Crippen LogP contribution in [-0.2, 0) is 18.4 Å². The largest absolute Gasteiger partial charge is 0.342 e. The third-order valence-electron chi connectivity index (χ3n) is 2.97. The fourth-order valence-corrected chi connectivity index (χ4v) is 1.64. The van der Waals surface area contributed by atoms with E-state index in [0.29, 0.717) is 19.1 Å². The van der Waals surface area contributed by atoms with E-state index in [2.05, 4.69) is 10.3 Å². The Hall–Kier alpha value is -1.36. The van der Waals surface area contributed by atoms with Crippen molar-refractivity contribution in [2.45, 2.75) is 25.4 Å². The molecule has 0 aromatic carbocycles. The summed E-state index contributed by atoms with van der Waals surface area (Å²) in [6.07, 6.45) is 5.97. The van der Waals surface area contributed by atoms with Crippen LogP contribution >= 0.6 is 0 Å². The van der Waals surface area contributed by atoms with Crippen LogP contribution in [0, 0.1) is 0 Å². The van der Waals surface area contributed by atoms with E-state index in [1.165, 1.54) is 0 Å². The molecule has 1 saturated carbocycles. The standard InChI is InChI=1S/C11H18N4O/c1-14-6-5-13-10(14)7-12-8-11(16)15(2)9-3-4-9/h5-6,9,12H,3-4,7-8H2,1-2H3. The van der Waals surface area contributed by atoms with Crippen molar-refractivity contribution >= 4 is 5.91 Å². The van der Waals surface area contributed by atoms with Gasteiger partial charge in [-0.25, -0.2) is 4.98 Å². The van der Waals surface area contributed by atoms with Crippen LogP contribution in [0.2, 0.25) is 0 Å². The predicted octanol–water partition coefficient (Wildman–Crippen LogP) is 0.130. The Morgan fingerprint density at radius 2 is 2.44 bits per heavy atom. The number of hydrogen-bond donors (Lipinski definition) is 1. The SMILES string of the molecule is CN(C(=O)CNCc1nccn1C)C1CC1. The minimum atomic E-state index is 0.164. The van der Waals surface area contributed by atoms with Crippen LogP contribution in [0.5, 0.6) is 0 Å². The second-order valence-electron chi connectivity index (χ2n) is 4.29. The summed E-state index contributed by atoms with van der Waals surface area (Å²) < 4.78 is 1.95. The highest BCUT2D eigenvalue weighted by molar-refractivity contribution is 5.78. The van der Waals surface area contributed by atoms with Gasteiger partial charge in [0.05, 0.1) is 13.1 Å². The summed E-state index contributed by atoms with van der Waals surface area (Å²) in [5.74, 6) is 1.11. The number of hydrogen-bond acceptors (Lipinski definition) is 3. The average Bonchev–Trinajstić information content (AvgIpc) is 3.03. The first-order chi connectivity index (χ1) is 7.68. The van der Waals surface area contributed by atoms with Gasteiger partial charge >= 0.3 is 0 Å². The number of nitrogens with zero attached hydrogens (tertiary/aromatic N) is 3. The van der Waals surface area contributed by atoms with Crippen LogP contribution in [0.1, 0.15) is 18.7 Å². The number of rotatable bonds is 5. The topological polar surface area (TPSA) is 50.2 Å². The number of amides is 1. The molecule has 1 amide bonds. The molecule has 0 atom stereocenters. The lowest BCUT2D eigenvalue weighted by molar-refractivity contribution is -0.129. The number of aromatic nitrogens is 2. The lowest BCUT2D eigenvalue weighted by atomic mass is 10.4. The van der Waals surface area contributed by atoms with Crippen molar-refractivity contribution in [1.29, 1.82) is 0 Å². The highest BCUT2D eigenvalue weighted by Gasteiger charge is 2.28. The molecule has 88 valence electrons. The van der Waals surface area contributed by atoms with Gasteiger partial charge in [-0.2, -0.15) is 0 Å². The highest BCUT2D eigenvalue weighted by Crippen LogP contribution is 2.24. The number of nitrogens with one attached hydrogen (secondary N) is 1. The Kier molecular flexibility index (Phi) is 3.24. The van der Waals surface area contributed by atoms with E-state index in [0.717, 1.165) is 18.7 Å². The molecule has 2 rings (SSSR count). The fourth-order valence-electron chi connectivity index (χ4n) is 1.64. The Morgan fingerprint density at radius 1 is 1.69 bits per heavy atom. The molecular weight excluding hydrogens is 204 g/mol. The lowest BCUT2D eigenvalue weighted by Crippen LogP contribution is -2.36. The molecule has 0 bridgehead atoms. The number of carbonyl (C=O) groups is 1. The fraction of sp³-hybridized carbons (Fsp3) is 0.636. The van der Waals surface area contributed by atoms with Crippen molar-refractivity contribution in [2.24, 2.45) is 7.05 Å². The van der Waals surface area contributed by atoms with Crippen LogP contribution in [0.4, 0.5) is 0 Å². The smallest absolute Gasteiger partial charge is 0.236 e. The van der Waals surface area contributed by atoms with Crippen molar-refractivity contribution in [1.82, 2.24) is 19.8 Å². The van der Waals surface area contributed by atoms with Crippen molar-refractivity contribution in [3.8, 4) is 0 Å². The molecule has 1 aromatic heterocycles. The minimum Gasteiger partial charge on any atom is -0.342 e. The summed E-state index contributed by atoms with van der Waals surface area (Å²) in [7, 11) is 3.82. The third-order valence-corrected chi connectivity index (χ3v) is 2.97. The summed E-state index contributed by atoms with van der Waals surface area (Å²) in [5.41, 5.74) is 0. The van der Waals surface area contributed by atoms with E-state index in [1.807, 2.05) is 29.8 Å². The van der Waals surface area contributed by atoms with Gasteiger partial charge < -0.3 is 14.8 Å². The first-order valence-electron chi connectivity index (χ1n) is 5.61. The molecule has 0 radical (unpaired) electrons. The third kappa shape index (κ3) is 2.61. The second kappa shape index (κ2) is 4.65. The van der Waals surface area contributed by atoms with Gasteiger partial charge in [0.15, 0.2) is 0 Å². The summed E-state index contributed by atoms with van der Waals surface area (Å²) >= 11 is 0. The molecule has 1 N–H and O–H groups in total. The number of aryl methyl sites for hydroxylation is 1. The molecule has 1 aliphatic carbocycles. The van der Waals surface area contributed by atoms with Gasteiger partial charge in [-0.1, -0.05) is 0 Å². The second-order valence-corrected chi connectivity index (χ2v) is 4.29. The van der Waals surface area contributed by atoms with Crippen LogP contribution in [0.15, 0.2) is 12.4 Å². The summed E-state index contributed by atoms with van der Waals surface area (Å²) in [6, 6.07) is 0.488. The van der Waals surface area contributed by atoms with Crippen LogP contribution in [0.25, 0.3) is 0 Å². The van der Waals surface area contributed by atoms with Crippen molar-refractivity contribution in [2.75, 3.05) is 13.6 Å². The number of likely N-dealkylation sites (N-methyl/N-ethyl adjacent to an activating group) is 1. The molecule has 5 nitrogen and oxygen atoms in total. The maximum absolute atomic E-state index is 11.7. The maximum atomic E-state index is 11.7. The first kappa shape index (κ1) is 11.1. The summed E-state index contributed by atoms with van der Waals surface area (Å²) in [6.45, 7) is 1.02. The molecule has 5 heteroatoms. The molecule has 1 heterocycles. The molecule has 1 aliphatic rings. The van der Waals surface area contributed by atoms with Crippen molar-refractivity contribution in [3.05, 3.63) is 18.2 Å². The van der Waals surface area contributed by atoms with E-state index in [4.69, 9.17) is 0 Å². The molecule has 1 aromatic rings. The summed E-state index contributed by atoms with van der Waals surface area (Å²) in [4.78, 5) is 17.7. The Morgan fingerprint density at radius 3 is 3.00 bits per heavy atom. The molecular formula is C11H18N4O. The number of imidazole rings is 1. The Bertz CT molecular complexity index is 370. The first-order valence-corrected chi connectivity index (χ1v) is 5.61. The molecule has 0 aliphatic heterocycles. The molecule has 16 heavy (non-hydrogen) atoms. The van der Waals surface area contributed by atoms with Gasteiger partial charge in [0.2, 0.25) is 5.91 Å². The van der Waals surface area contributed by atoms with Gasteiger partial charge in [0.25, 0.3) is 0 Å². The van der Waals surface area contributed by atoms with E-state index in [9.17, 15) is 4.79 Å². The van der Waals surface area contributed by atoms with Gasteiger partial charge in [-0.05, 0) is 12.8 Å². The van der Waals surface area contributed by atoms with Crippen LogP contribution in [0.3, 0.4) is 0 Å².